The van der Waals surface area contributed by atoms with Crippen molar-refractivity contribution < 1.29 is 0 Å². The van der Waals surface area contributed by atoms with Gasteiger partial charge >= 0.3 is 0 Å². The van der Waals surface area contributed by atoms with Crippen molar-refractivity contribution in [3.63, 3.8) is 0 Å². The average molecular weight is 321 g/mol. The Morgan fingerprint density at radius 2 is 2.14 bits per heavy atom. The number of hydrogen-bond acceptors (Lipinski definition) is 2. The van der Waals surface area contributed by atoms with Gasteiger partial charge in [0.2, 0.25) is 0 Å². The number of halogens is 1. The number of aromatic nitrogens is 4. The first-order chi connectivity index (χ1) is 10.0. The summed E-state index contributed by atoms with van der Waals surface area (Å²) in [7, 11) is 1.94. The van der Waals surface area contributed by atoms with Gasteiger partial charge in [-0.05, 0) is 43.3 Å². The zero-order valence-corrected chi connectivity index (χ0v) is 13.8. The molecular weight excluding hydrogens is 304 g/mol. The van der Waals surface area contributed by atoms with Crippen molar-refractivity contribution in [1.29, 1.82) is 0 Å². The van der Waals surface area contributed by atoms with Crippen LogP contribution < -0.4 is 0 Å². The van der Waals surface area contributed by atoms with Crippen LogP contribution in [0.15, 0.2) is 18.2 Å². The Morgan fingerprint density at radius 1 is 1.38 bits per heavy atom. The van der Waals surface area contributed by atoms with E-state index >= 15 is 0 Å². The van der Waals surface area contributed by atoms with Crippen LogP contribution in [-0.4, -0.2) is 19.3 Å². The number of rotatable bonds is 3. The van der Waals surface area contributed by atoms with Crippen LogP contribution in [0.3, 0.4) is 0 Å². The summed E-state index contributed by atoms with van der Waals surface area (Å²) >= 11 is 11.7. The molecule has 6 heteroatoms. The van der Waals surface area contributed by atoms with Gasteiger partial charge in [0.05, 0.1) is 11.4 Å². The molecule has 3 aromatic rings. The van der Waals surface area contributed by atoms with E-state index in [2.05, 4.69) is 17.0 Å². The maximum absolute atomic E-state index is 6.25. The smallest absolute Gasteiger partial charge is 0.184 e. The fraction of sp³-hybridized carbons (Fsp3) is 0.333. The van der Waals surface area contributed by atoms with Crippen LogP contribution in [0.25, 0.3) is 16.9 Å². The second kappa shape index (κ2) is 5.31. The molecule has 0 atom stereocenters. The molecule has 110 valence electrons. The monoisotopic (exact) mass is 320 g/mol. The van der Waals surface area contributed by atoms with Crippen LogP contribution in [0.5, 0.6) is 0 Å². The lowest BCUT2D eigenvalue weighted by atomic mass is 10.2. The molecule has 2 heterocycles. The Labute approximate surface area is 133 Å². The van der Waals surface area contributed by atoms with Gasteiger partial charge < -0.3 is 4.98 Å². The maximum atomic E-state index is 6.25. The molecule has 1 N–H and O–H groups in total. The Balaban J connectivity index is 2.29. The third-order valence-corrected chi connectivity index (χ3v) is 4.33. The van der Waals surface area contributed by atoms with Crippen molar-refractivity contribution in [1.82, 2.24) is 19.3 Å². The number of H-pyrrole nitrogens is 1. The van der Waals surface area contributed by atoms with E-state index in [1.54, 1.807) is 0 Å². The highest BCUT2D eigenvalue weighted by Crippen LogP contribution is 2.25. The molecule has 21 heavy (non-hydrogen) atoms. The topological polar surface area (TPSA) is 38.5 Å². The molecule has 0 saturated heterocycles. The molecule has 0 aliphatic carbocycles. The number of benzene rings is 1. The highest BCUT2D eigenvalue weighted by Gasteiger charge is 2.16. The van der Waals surface area contributed by atoms with Gasteiger partial charge in [-0.3, -0.25) is 4.57 Å². The average Bonchev–Trinajstić information content (AvgIpc) is 2.92. The van der Waals surface area contributed by atoms with Crippen LogP contribution in [0.1, 0.15) is 24.6 Å². The summed E-state index contributed by atoms with van der Waals surface area (Å²) in [5.41, 5.74) is 5.05. The maximum Gasteiger partial charge on any atom is 0.184 e. The number of hydrogen-bond donors (Lipinski definition) is 1. The number of aromatic amines is 1. The highest BCUT2D eigenvalue weighted by atomic mass is 35.5. The second-order valence-corrected chi connectivity index (χ2v) is 6.01. The third-order valence-electron chi connectivity index (χ3n) is 3.64. The summed E-state index contributed by atoms with van der Waals surface area (Å²) in [5, 5.41) is 5.33. The minimum Gasteiger partial charge on any atom is -0.327 e. The summed E-state index contributed by atoms with van der Waals surface area (Å²) in [6.45, 7) is 4.13. The Bertz CT molecular complexity index is 872. The summed E-state index contributed by atoms with van der Waals surface area (Å²) < 4.78 is 4.53. The SMILES string of the molecule is CCCc1nn(C)c2c1[nH]c(=S)n2-c1ccc(C)c(Cl)c1. The quantitative estimate of drug-likeness (QED) is 0.729. The lowest BCUT2D eigenvalue weighted by molar-refractivity contribution is 0.735. The fourth-order valence-electron chi connectivity index (χ4n) is 2.59. The van der Waals surface area contributed by atoms with Gasteiger partial charge in [0.15, 0.2) is 10.4 Å². The first-order valence-electron chi connectivity index (χ1n) is 6.96. The van der Waals surface area contributed by atoms with E-state index in [1.807, 2.05) is 41.4 Å². The van der Waals surface area contributed by atoms with Crippen molar-refractivity contribution in [3.8, 4) is 5.69 Å². The van der Waals surface area contributed by atoms with Crippen molar-refractivity contribution in [2.45, 2.75) is 26.7 Å². The Morgan fingerprint density at radius 3 is 2.81 bits per heavy atom. The number of nitrogens with one attached hydrogen (secondary N) is 1. The zero-order chi connectivity index (χ0) is 15.1. The van der Waals surface area contributed by atoms with Gasteiger partial charge in [0.25, 0.3) is 0 Å². The molecule has 0 saturated carbocycles. The molecule has 2 aromatic heterocycles. The van der Waals surface area contributed by atoms with Gasteiger partial charge in [-0.25, -0.2) is 4.68 Å². The van der Waals surface area contributed by atoms with E-state index in [0.29, 0.717) is 4.77 Å². The van der Waals surface area contributed by atoms with Crippen LogP contribution >= 0.6 is 23.8 Å². The Hall–Kier alpha value is -1.59. The number of aryl methyl sites for hydroxylation is 3. The minimum atomic E-state index is 0.662. The van der Waals surface area contributed by atoms with Crippen LogP contribution in [-0.2, 0) is 13.5 Å². The molecule has 0 amide bonds. The molecule has 0 aliphatic rings. The molecule has 0 fully saturated rings. The van der Waals surface area contributed by atoms with Crippen molar-refractivity contribution >= 4 is 35.0 Å². The standard InChI is InChI=1S/C15H17ClN4S/c1-4-5-12-13-14(19(3)18-12)20(15(21)17-13)10-7-6-9(2)11(16)8-10/h6-8H,4-5H2,1-3H3,(H,17,21). The van der Waals surface area contributed by atoms with E-state index in [0.717, 1.165) is 46.0 Å². The van der Waals surface area contributed by atoms with E-state index < -0.39 is 0 Å². The van der Waals surface area contributed by atoms with Gasteiger partial charge in [0.1, 0.15) is 5.52 Å². The van der Waals surface area contributed by atoms with Gasteiger partial charge in [-0.15, -0.1) is 0 Å². The second-order valence-electron chi connectivity index (χ2n) is 5.22. The van der Waals surface area contributed by atoms with Gasteiger partial charge in [-0.1, -0.05) is 31.0 Å². The summed E-state index contributed by atoms with van der Waals surface area (Å²) in [4.78, 5) is 3.29. The first kappa shape index (κ1) is 14.4. The normalized spacial score (nSPS) is 11.4. The van der Waals surface area contributed by atoms with Gasteiger partial charge in [-0.2, -0.15) is 5.10 Å². The number of imidazole rings is 1. The zero-order valence-electron chi connectivity index (χ0n) is 12.3. The van der Waals surface area contributed by atoms with Crippen LogP contribution in [0.2, 0.25) is 5.02 Å². The highest BCUT2D eigenvalue weighted by molar-refractivity contribution is 7.71. The summed E-state index contributed by atoms with van der Waals surface area (Å²) in [6, 6.07) is 5.96. The lowest BCUT2D eigenvalue weighted by Crippen LogP contribution is -2.01. The van der Waals surface area contributed by atoms with Gasteiger partial charge in [0, 0.05) is 12.1 Å². The summed E-state index contributed by atoms with van der Waals surface area (Å²) in [6.07, 6.45) is 1.98. The molecule has 3 rings (SSSR count). The molecule has 0 spiro atoms. The lowest BCUT2D eigenvalue weighted by Gasteiger charge is -2.06. The van der Waals surface area contributed by atoms with Crippen molar-refractivity contribution in [2.75, 3.05) is 0 Å². The molecule has 0 radical (unpaired) electrons. The first-order valence-corrected chi connectivity index (χ1v) is 7.74. The van der Waals surface area contributed by atoms with E-state index in [1.165, 1.54) is 0 Å². The molecule has 0 aliphatic heterocycles. The van der Waals surface area contributed by atoms with E-state index in [4.69, 9.17) is 23.8 Å². The fourth-order valence-corrected chi connectivity index (χ4v) is 3.05. The van der Waals surface area contributed by atoms with E-state index in [-0.39, 0.29) is 0 Å². The Kier molecular flexibility index (Phi) is 3.63. The molecule has 0 unspecified atom stereocenters. The number of fused-ring (bicyclic) bond motifs is 1. The van der Waals surface area contributed by atoms with E-state index in [9.17, 15) is 0 Å². The van der Waals surface area contributed by atoms with Crippen molar-refractivity contribution in [3.05, 3.63) is 39.3 Å². The van der Waals surface area contributed by atoms with Crippen molar-refractivity contribution in [2.24, 2.45) is 7.05 Å². The summed E-state index contributed by atoms with van der Waals surface area (Å²) in [5.74, 6) is 0. The molecular formula is C15H17ClN4S. The van der Waals surface area contributed by atoms with Crippen LogP contribution in [0.4, 0.5) is 0 Å². The predicted octanol–water partition coefficient (Wildman–Crippen LogP) is 4.34. The molecule has 4 nitrogen and oxygen atoms in total. The molecule has 0 bridgehead atoms. The molecule has 1 aromatic carbocycles. The third kappa shape index (κ3) is 2.30. The van der Waals surface area contributed by atoms with Crippen LogP contribution in [0, 0.1) is 11.7 Å². The predicted molar refractivity (Wildman–Crippen MR) is 89.0 cm³/mol. The minimum absolute atomic E-state index is 0.662. The largest absolute Gasteiger partial charge is 0.327 e. The number of nitrogens with zero attached hydrogens (tertiary/aromatic N) is 3.